The van der Waals surface area contributed by atoms with Crippen LogP contribution < -0.4 is 5.32 Å². The van der Waals surface area contributed by atoms with E-state index in [1.54, 1.807) is 6.20 Å². The first kappa shape index (κ1) is 8.36. The van der Waals surface area contributed by atoms with E-state index in [1.807, 2.05) is 6.07 Å². The maximum absolute atomic E-state index is 12.6. The minimum absolute atomic E-state index is 0.384. The molecule has 0 radical (unpaired) electrons. The van der Waals surface area contributed by atoms with Gasteiger partial charge in [-0.15, -0.1) is 0 Å². The van der Waals surface area contributed by atoms with Gasteiger partial charge in [-0.1, -0.05) is 6.07 Å². The molecule has 0 saturated carbocycles. The Hall–Kier alpha value is -0.960. The summed E-state index contributed by atoms with van der Waals surface area (Å²) in [7, 11) is 0. The lowest BCUT2D eigenvalue weighted by Crippen LogP contribution is -2.21. The molecule has 0 spiro atoms. The summed E-state index contributed by atoms with van der Waals surface area (Å²) in [5, 5.41) is 3.57. The first-order chi connectivity index (χ1) is 6.83. The summed E-state index contributed by atoms with van der Waals surface area (Å²) in [6.07, 6.45) is 5.43. The van der Waals surface area contributed by atoms with E-state index >= 15 is 0 Å². The highest BCUT2D eigenvalue weighted by Gasteiger charge is 2.39. The lowest BCUT2D eigenvalue weighted by molar-refractivity contribution is 0.502. The minimum Gasteiger partial charge on any atom is -0.311 e. The van der Waals surface area contributed by atoms with E-state index in [9.17, 15) is 4.39 Å². The first-order valence-corrected chi connectivity index (χ1v) is 5.20. The molecule has 1 N–H and O–H groups in total. The van der Waals surface area contributed by atoms with Gasteiger partial charge in [-0.2, -0.15) is 4.39 Å². The lowest BCUT2D eigenvalue weighted by atomic mass is 9.85. The number of nitrogens with zero attached hydrogens (tertiary/aromatic N) is 1. The molecule has 2 aliphatic rings. The minimum atomic E-state index is -0.384. The molecule has 3 atom stereocenters. The molecule has 2 aliphatic heterocycles. The third kappa shape index (κ3) is 1.23. The Kier molecular flexibility index (Phi) is 1.80. The van der Waals surface area contributed by atoms with E-state index in [0.717, 1.165) is 0 Å². The second-order valence-electron chi connectivity index (χ2n) is 4.30. The number of hydrogen-bond donors (Lipinski definition) is 1. The van der Waals surface area contributed by atoms with Crippen molar-refractivity contribution in [2.75, 3.05) is 0 Å². The van der Waals surface area contributed by atoms with Crippen LogP contribution in [-0.2, 0) is 0 Å². The van der Waals surface area contributed by atoms with Crippen molar-refractivity contribution in [3.05, 3.63) is 29.8 Å². The van der Waals surface area contributed by atoms with Gasteiger partial charge in [0, 0.05) is 24.2 Å². The van der Waals surface area contributed by atoms with Crippen molar-refractivity contribution >= 4 is 0 Å². The number of hydrogen-bond acceptors (Lipinski definition) is 2. The van der Waals surface area contributed by atoms with E-state index < -0.39 is 0 Å². The lowest BCUT2D eigenvalue weighted by Gasteiger charge is -2.19. The van der Waals surface area contributed by atoms with E-state index in [-0.39, 0.29) is 5.95 Å². The number of nitrogens with one attached hydrogen (secondary N) is 1. The van der Waals surface area contributed by atoms with E-state index in [1.165, 1.54) is 30.9 Å². The number of halogens is 1. The maximum Gasteiger partial charge on any atom is 0.212 e. The Morgan fingerprint density at radius 3 is 2.86 bits per heavy atom. The van der Waals surface area contributed by atoms with Gasteiger partial charge in [0.05, 0.1) is 0 Å². The quantitative estimate of drug-likeness (QED) is 0.685. The molecule has 2 nitrogen and oxygen atoms in total. The summed E-state index contributed by atoms with van der Waals surface area (Å²) < 4.78 is 12.6. The molecule has 2 bridgehead atoms. The third-order valence-electron chi connectivity index (χ3n) is 3.48. The topological polar surface area (TPSA) is 24.9 Å². The van der Waals surface area contributed by atoms with Crippen LogP contribution in [0.5, 0.6) is 0 Å². The van der Waals surface area contributed by atoms with Gasteiger partial charge in [0.1, 0.15) is 0 Å². The normalized spacial score (nSPS) is 35.1. The molecule has 0 amide bonds. The van der Waals surface area contributed by atoms with Crippen LogP contribution in [0.3, 0.4) is 0 Å². The van der Waals surface area contributed by atoms with E-state index in [2.05, 4.69) is 10.3 Å². The number of rotatable bonds is 1. The van der Waals surface area contributed by atoms with Crippen molar-refractivity contribution in [1.82, 2.24) is 10.3 Å². The molecule has 3 heteroatoms. The first-order valence-electron chi connectivity index (χ1n) is 5.20. The predicted octanol–water partition coefficient (Wildman–Crippen LogP) is 1.83. The Morgan fingerprint density at radius 2 is 2.29 bits per heavy atom. The molecule has 1 aromatic rings. The van der Waals surface area contributed by atoms with Crippen LogP contribution in [0.2, 0.25) is 0 Å². The molecule has 2 fully saturated rings. The molecule has 74 valence electrons. The fourth-order valence-electron chi connectivity index (χ4n) is 2.80. The molecular weight excluding hydrogens is 178 g/mol. The van der Waals surface area contributed by atoms with Gasteiger partial charge in [0.25, 0.3) is 0 Å². The molecule has 0 aliphatic carbocycles. The van der Waals surface area contributed by atoms with Gasteiger partial charge < -0.3 is 5.32 Å². The smallest absolute Gasteiger partial charge is 0.212 e. The van der Waals surface area contributed by atoms with Crippen molar-refractivity contribution in [1.29, 1.82) is 0 Å². The fourth-order valence-corrected chi connectivity index (χ4v) is 2.80. The molecule has 2 unspecified atom stereocenters. The molecule has 3 heterocycles. The summed E-state index contributed by atoms with van der Waals surface area (Å²) in [4.78, 5) is 3.71. The van der Waals surface area contributed by atoms with Crippen molar-refractivity contribution < 1.29 is 4.39 Å². The summed E-state index contributed by atoms with van der Waals surface area (Å²) in [6, 6.07) is 4.62. The summed E-state index contributed by atoms with van der Waals surface area (Å²) >= 11 is 0. The van der Waals surface area contributed by atoms with Crippen LogP contribution in [0.25, 0.3) is 0 Å². The van der Waals surface area contributed by atoms with E-state index in [0.29, 0.717) is 18.0 Å². The predicted molar refractivity (Wildman–Crippen MR) is 51.5 cm³/mol. The highest BCUT2D eigenvalue weighted by atomic mass is 18.2. The monoisotopic (exact) mass is 191 g/mol. The molecule has 14 heavy (non-hydrogen) atoms. The average Bonchev–Trinajstić information content (AvgIpc) is 2.80. The van der Waals surface area contributed by atoms with Crippen LogP contribution in [0.4, 0.5) is 4.39 Å². The Bertz CT molecular complexity index is 336. The number of pyridine rings is 1. The third-order valence-corrected chi connectivity index (χ3v) is 3.48. The van der Waals surface area contributed by atoms with Gasteiger partial charge in [-0.05, 0) is 30.9 Å². The zero-order valence-corrected chi connectivity index (χ0v) is 7.91. The standard InChI is InChI=1S/C11H13FN2/c12-11-4-1-7(6-13-11)9-5-8-2-3-10(9)14-8/h1,4,6,8-10,14H,2-3,5H2/t8?,9-,10?/m1/s1/i12-1. The Balaban J connectivity index is 1.86. The van der Waals surface area contributed by atoms with Crippen LogP contribution >= 0.6 is 0 Å². The largest absolute Gasteiger partial charge is 0.311 e. The fraction of sp³-hybridized carbons (Fsp3) is 0.545. The average molecular weight is 191 g/mol. The van der Waals surface area contributed by atoms with Crippen LogP contribution in [0.1, 0.15) is 30.7 Å². The van der Waals surface area contributed by atoms with Crippen LogP contribution in [-0.4, -0.2) is 17.1 Å². The molecular formula is C11H13FN2. The van der Waals surface area contributed by atoms with Gasteiger partial charge >= 0.3 is 0 Å². The number of fused-ring (bicyclic) bond motifs is 2. The Labute approximate surface area is 82.5 Å². The maximum atomic E-state index is 12.6. The second kappa shape index (κ2) is 3.02. The van der Waals surface area contributed by atoms with Gasteiger partial charge in [0.2, 0.25) is 5.95 Å². The molecule has 2 saturated heterocycles. The second-order valence-corrected chi connectivity index (χ2v) is 4.30. The Morgan fingerprint density at radius 1 is 1.36 bits per heavy atom. The molecule has 0 aromatic carbocycles. The highest BCUT2D eigenvalue weighted by molar-refractivity contribution is 5.22. The molecule has 1 aromatic heterocycles. The van der Waals surface area contributed by atoms with Crippen molar-refractivity contribution in [2.45, 2.75) is 37.3 Å². The van der Waals surface area contributed by atoms with Gasteiger partial charge in [-0.25, -0.2) is 4.98 Å². The van der Waals surface area contributed by atoms with Crippen LogP contribution in [0, 0.1) is 5.95 Å². The van der Waals surface area contributed by atoms with Crippen molar-refractivity contribution in [2.24, 2.45) is 0 Å². The number of aromatic nitrogens is 1. The SMILES string of the molecule is [18F]c1ccc([C@H]2CC3CCC2N3)cn1. The van der Waals surface area contributed by atoms with Gasteiger partial charge in [0.15, 0.2) is 0 Å². The highest BCUT2D eigenvalue weighted by Crippen LogP contribution is 2.39. The van der Waals surface area contributed by atoms with Crippen molar-refractivity contribution in [3.8, 4) is 0 Å². The summed E-state index contributed by atoms with van der Waals surface area (Å²) in [5.41, 5.74) is 1.19. The van der Waals surface area contributed by atoms with E-state index in [4.69, 9.17) is 0 Å². The van der Waals surface area contributed by atoms with Crippen LogP contribution in [0.15, 0.2) is 18.3 Å². The van der Waals surface area contributed by atoms with Crippen molar-refractivity contribution in [3.63, 3.8) is 0 Å². The van der Waals surface area contributed by atoms with Gasteiger partial charge in [-0.3, -0.25) is 0 Å². The summed E-state index contributed by atoms with van der Waals surface area (Å²) in [6.45, 7) is 0. The molecule has 3 rings (SSSR count). The zero-order chi connectivity index (χ0) is 9.54. The zero-order valence-electron chi connectivity index (χ0n) is 7.91. The summed E-state index contributed by atoms with van der Waals surface area (Å²) in [5.74, 6) is 0.173.